The van der Waals surface area contributed by atoms with Crippen molar-refractivity contribution in [1.29, 1.82) is 0 Å². The van der Waals surface area contributed by atoms with Crippen molar-refractivity contribution in [3.05, 3.63) is 70.8 Å². The van der Waals surface area contributed by atoms with Crippen molar-refractivity contribution in [3.8, 4) is 0 Å². The van der Waals surface area contributed by atoms with Gasteiger partial charge in [0, 0.05) is 6.54 Å². The molecule has 3 heteroatoms. The van der Waals surface area contributed by atoms with Crippen LogP contribution in [0.4, 0.5) is 0 Å². The quantitative estimate of drug-likeness (QED) is 0.654. The Hall–Kier alpha value is -2.13. The van der Waals surface area contributed by atoms with Crippen LogP contribution in [0.5, 0.6) is 0 Å². The van der Waals surface area contributed by atoms with Crippen molar-refractivity contribution in [2.24, 2.45) is 0 Å². The van der Waals surface area contributed by atoms with Gasteiger partial charge in [0.15, 0.2) is 0 Å². The monoisotopic (exact) mass is 283 g/mol. The zero-order chi connectivity index (χ0) is 15.1. The predicted molar refractivity (Wildman–Crippen MR) is 84.4 cm³/mol. The van der Waals surface area contributed by atoms with Gasteiger partial charge in [-0.15, -0.1) is 0 Å². The molecule has 0 radical (unpaired) electrons. The normalized spacial score (nSPS) is 10.4. The molecule has 0 bridgehead atoms. The van der Waals surface area contributed by atoms with Crippen molar-refractivity contribution < 1.29 is 9.53 Å². The second kappa shape index (κ2) is 7.60. The van der Waals surface area contributed by atoms with Gasteiger partial charge >= 0.3 is 5.97 Å². The maximum Gasteiger partial charge on any atom is 0.337 e. The molecule has 0 aromatic heterocycles. The van der Waals surface area contributed by atoms with E-state index in [1.54, 1.807) is 12.1 Å². The summed E-state index contributed by atoms with van der Waals surface area (Å²) in [4.78, 5) is 11.3. The highest BCUT2D eigenvalue weighted by Gasteiger charge is 2.04. The number of benzene rings is 2. The van der Waals surface area contributed by atoms with Gasteiger partial charge in [0.25, 0.3) is 0 Å². The third-order valence-corrected chi connectivity index (χ3v) is 3.54. The minimum absolute atomic E-state index is 0.297. The zero-order valence-corrected chi connectivity index (χ0v) is 12.6. The fourth-order valence-corrected chi connectivity index (χ4v) is 2.22. The molecule has 0 amide bonds. The van der Waals surface area contributed by atoms with Crippen LogP contribution in [0.15, 0.2) is 48.5 Å². The van der Waals surface area contributed by atoms with Gasteiger partial charge in [-0.25, -0.2) is 4.79 Å². The van der Waals surface area contributed by atoms with Crippen LogP contribution < -0.4 is 5.32 Å². The minimum Gasteiger partial charge on any atom is -0.465 e. The van der Waals surface area contributed by atoms with Crippen LogP contribution in [0.3, 0.4) is 0 Å². The van der Waals surface area contributed by atoms with E-state index in [2.05, 4.69) is 41.2 Å². The molecule has 0 heterocycles. The Morgan fingerprint density at radius 3 is 2.48 bits per heavy atom. The Kier molecular flexibility index (Phi) is 5.52. The molecule has 0 aliphatic rings. The molecule has 0 saturated heterocycles. The van der Waals surface area contributed by atoms with E-state index >= 15 is 0 Å². The second-order valence-electron chi connectivity index (χ2n) is 5.04. The number of rotatable bonds is 6. The van der Waals surface area contributed by atoms with E-state index in [-0.39, 0.29) is 5.97 Å². The SMILES string of the molecule is COC(=O)c1ccc(CNCCc2ccccc2C)cc1. The van der Waals surface area contributed by atoms with Crippen LogP contribution in [-0.4, -0.2) is 19.6 Å². The van der Waals surface area contributed by atoms with Crippen LogP contribution in [-0.2, 0) is 17.7 Å². The summed E-state index contributed by atoms with van der Waals surface area (Å²) in [5.41, 5.74) is 4.46. The number of ether oxygens (including phenoxy) is 1. The standard InChI is InChI=1S/C18H21NO2/c1-14-5-3-4-6-16(14)11-12-19-13-15-7-9-17(10-8-15)18(20)21-2/h3-10,19H,11-13H2,1-2H3. The van der Waals surface area contributed by atoms with E-state index in [4.69, 9.17) is 0 Å². The Labute approximate surface area is 126 Å². The lowest BCUT2D eigenvalue weighted by atomic mass is 10.1. The Morgan fingerprint density at radius 2 is 1.81 bits per heavy atom. The number of carbonyl (C=O) groups is 1. The summed E-state index contributed by atoms with van der Waals surface area (Å²) in [7, 11) is 1.39. The average Bonchev–Trinajstić information content (AvgIpc) is 2.53. The van der Waals surface area contributed by atoms with Gasteiger partial charge in [0.1, 0.15) is 0 Å². The lowest BCUT2D eigenvalue weighted by molar-refractivity contribution is 0.0600. The number of esters is 1. The second-order valence-corrected chi connectivity index (χ2v) is 5.04. The Bertz CT molecular complexity index is 590. The minimum atomic E-state index is -0.297. The molecule has 0 aliphatic heterocycles. The Morgan fingerprint density at radius 1 is 1.10 bits per heavy atom. The van der Waals surface area contributed by atoms with Gasteiger partial charge in [-0.3, -0.25) is 0 Å². The largest absolute Gasteiger partial charge is 0.465 e. The summed E-state index contributed by atoms with van der Waals surface area (Å²) in [5.74, 6) is -0.297. The third-order valence-electron chi connectivity index (χ3n) is 3.54. The van der Waals surface area contributed by atoms with Crippen molar-refractivity contribution >= 4 is 5.97 Å². The summed E-state index contributed by atoms with van der Waals surface area (Å²) >= 11 is 0. The van der Waals surface area contributed by atoms with Gasteiger partial charge in [-0.1, -0.05) is 36.4 Å². The molecular weight excluding hydrogens is 262 g/mol. The topological polar surface area (TPSA) is 38.3 Å². The molecule has 1 N–H and O–H groups in total. The van der Waals surface area contributed by atoms with E-state index < -0.39 is 0 Å². The number of nitrogens with one attached hydrogen (secondary N) is 1. The first kappa shape index (κ1) is 15.3. The summed E-state index contributed by atoms with van der Waals surface area (Å²) in [5, 5.41) is 3.42. The molecule has 0 atom stereocenters. The molecule has 0 aliphatic carbocycles. The molecule has 0 unspecified atom stereocenters. The highest BCUT2D eigenvalue weighted by Crippen LogP contribution is 2.08. The molecular formula is C18H21NO2. The number of methoxy groups -OCH3 is 1. The summed E-state index contributed by atoms with van der Waals surface area (Å²) < 4.78 is 4.68. The van der Waals surface area contributed by atoms with E-state index in [0.29, 0.717) is 5.56 Å². The molecule has 0 saturated carbocycles. The van der Waals surface area contributed by atoms with Crippen LogP contribution in [0, 0.1) is 6.92 Å². The van der Waals surface area contributed by atoms with Crippen molar-refractivity contribution in [1.82, 2.24) is 5.32 Å². The van der Waals surface area contributed by atoms with E-state index in [9.17, 15) is 4.79 Å². The first-order valence-electron chi connectivity index (χ1n) is 7.13. The predicted octanol–water partition coefficient (Wildman–Crippen LogP) is 3.11. The molecule has 21 heavy (non-hydrogen) atoms. The molecule has 110 valence electrons. The molecule has 3 nitrogen and oxygen atoms in total. The number of hydrogen-bond donors (Lipinski definition) is 1. The summed E-state index contributed by atoms with van der Waals surface area (Å²) in [6.07, 6.45) is 1.02. The zero-order valence-electron chi connectivity index (χ0n) is 12.6. The van der Waals surface area contributed by atoms with Gasteiger partial charge in [0.2, 0.25) is 0 Å². The molecule has 2 aromatic rings. The summed E-state index contributed by atoms with van der Waals surface area (Å²) in [6, 6.07) is 15.9. The fraction of sp³-hybridized carbons (Fsp3) is 0.278. The van der Waals surface area contributed by atoms with Gasteiger partial charge in [-0.05, 0) is 48.7 Å². The van der Waals surface area contributed by atoms with Crippen molar-refractivity contribution in [2.75, 3.05) is 13.7 Å². The lowest BCUT2D eigenvalue weighted by Gasteiger charge is -2.08. The average molecular weight is 283 g/mol. The number of aryl methyl sites for hydroxylation is 1. The van der Waals surface area contributed by atoms with Crippen molar-refractivity contribution in [3.63, 3.8) is 0 Å². The molecule has 2 aromatic carbocycles. The van der Waals surface area contributed by atoms with Gasteiger partial charge < -0.3 is 10.1 Å². The van der Waals surface area contributed by atoms with Crippen LogP contribution in [0.25, 0.3) is 0 Å². The van der Waals surface area contributed by atoms with Gasteiger partial charge in [-0.2, -0.15) is 0 Å². The highest BCUT2D eigenvalue weighted by atomic mass is 16.5. The first-order chi connectivity index (χ1) is 10.2. The number of hydrogen-bond acceptors (Lipinski definition) is 3. The third kappa shape index (κ3) is 4.43. The highest BCUT2D eigenvalue weighted by molar-refractivity contribution is 5.89. The maximum atomic E-state index is 11.3. The molecule has 2 rings (SSSR count). The molecule has 0 fully saturated rings. The van der Waals surface area contributed by atoms with Crippen LogP contribution >= 0.6 is 0 Å². The van der Waals surface area contributed by atoms with E-state index in [0.717, 1.165) is 25.1 Å². The van der Waals surface area contributed by atoms with E-state index in [1.807, 2.05) is 12.1 Å². The Balaban J connectivity index is 1.79. The van der Waals surface area contributed by atoms with Crippen molar-refractivity contribution in [2.45, 2.75) is 19.9 Å². The van der Waals surface area contributed by atoms with Crippen LogP contribution in [0.2, 0.25) is 0 Å². The fourth-order valence-electron chi connectivity index (χ4n) is 2.22. The molecule has 0 spiro atoms. The summed E-state index contributed by atoms with van der Waals surface area (Å²) in [6.45, 7) is 3.87. The van der Waals surface area contributed by atoms with Crippen LogP contribution in [0.1, 0.15) is 27.0 Å². The lowest BCUT2D eigenvalue weighted by Crippen LogP contribution is -2.17. The first-order valence-corrected chi connectivity index (χ1v) is 7.13. The smallest absolute Gasteiger partial charge is 0.337 e. The number of carbonyl (C=O) groups excluding carboxylic acids is 1. The van der Waals surface area contributed by atoms with Gasteiger partial charge in [0.05, 0.1) is 12.7 Å². The van der Waals surface area contributed by atoms with E-state index in [1.165, 1.54) is 18.2 Å². The maximum absolute atomic E-state index is 11.3.